The molecule has 0 aliphatic carbocycles. The largest absolute Gasteiger partial charge is 0.336 e. The van der Waals surface area contributed by atoms with Crippen molar-refractivity contribution in [2.75, 3.05) is 26.2 Å². The number of carbonyl (C=O) groups is 1. The van der Waals surface area contributed by atoms with Crippen molar-refractivity contribution in [3.8, 4) is 11.1 Å². The molecule has 3 nitrogen and oxygen atoms in total. The molecule has 1 fully saturated rings. The fourth-order valence-electron chi connectivity index (χ4n) is 4.83. The van der Waals surface area contributed by atoms with Crippen LogP contribution in [0.4, 0.5) is 0 Å². The molecule has 3 heteroatoms. The first-order valence-electron chi connectivity index (χ1n) is 12.0. The summed E-state index contributed by atoms with van der Waals surface area (Å²) in [5.41, 5.74) is 6.79. The number of amides is 1. The van der Waals surface area contributed by atoms with E-state index >= 15 is 0 Å². The highest BCUT2D eigenvalue weighted by molar-refractivity contribution is 5.95. The van der Waals surface area contributed by atoms with Crippen LogP contribution < -0.4 is 0 Å². The minimum absolute atomic E-state index is 0.115. The van der Waals surface area contributed by atoms with Crippen LogP contribution in [0.3, 0.4) is 0 Å². The van der Waals surface area contributed by atoms with Crippen molar-refractivity contribution in [3.05, 3.63) is 131 Å². The SMILES string of the molecule is Cc1ccc(-c2cccc(C(=O)N3CCN(C(c4ccccc4)c4ccccc4)CC3)c2)cc1. The molecule has 0 N–H and O–H groups in total. The van der Waals surface area contributed by atoms with E-state index in [9.17, 15) is 4.79 Å². The Labute approximate surface area is 202 Å². The van der Waals surface area contributed by atoms with Crippen LogP contribution in [0.25, 0.3) is 11.1 Å². The van der Waals surface area contributed by atoms with Gasteiger partial charge in [0.05, 0.1) is 6.04 Å². The van der Waals surface area contributed by atoms with E-state index < -0.39 is 0 Å². The first kappa shape index (κ1) is 22.1. The number of hydrogen-bond donors (Lipinski definition) is 0. The van der Waals surface area contributed by atoms with Crippen molar-refractivity contribution in [2.24, 2.45) is 0 Å². The third kappa shape index (κ3) is 4.80. The number of hydrogen-bond acceptors (Lipinski definition) is 2. The van der Waals surface area contributed by atoms with Crippen molar-refractivity contribution in [1.29, 1.82) is 0 Å². The molecule has 4 aromatic rings. The lowest BCUT2D eigenvalue weighted by Gasteiger charge is -2.39. The number of carbonyl (C=O) groups excluding carboxylic acids is 1. The Hall–Kier alpha value is -3.69. The summed E-state index contributed by atoms with van der Waals surface area (Å²) in [4.78, 5) is 17.9. The first-order chi connectivity index (χ1) is 16.7. The van der Waals surface area contributed by atoms with Gasteiger partial charge in [-0.05, 0) is 41.3 Å². The molecule has 0 saturated carbocycles. The number of aryl methyl sites for hydroxylation is 1. The fourth-order valence-corrected chi connectivity index (χ4v) is 4.83. The lowest BCUT2D eigenvalue weighted by atomic mass is 9.96. The molecular formula is C31H30N2O. The van der Waals surface area contributed by atoms with E-state index in [4.69, 9.17) is 0 Å². The Balaban J connectivity index is 1.31. The molecule has 4 aromatic carbocycles. The zero-order valence-corrected chi connectivity index (χ0v) is 19.6. The molecular weight excluding hydrogens is 416 g/mol. The van der Waals surface area contributed by atoms with Gasteiger partial charge in [0.1, 0.15) is 0 Å². The Kier molecular flexibility index (Phi) is 6.55. The third-order valence-corrected chi connectivity index (χ3v) is 6.69. The summed E-state index contributed by atoms with van der Waals surface area (Å²) in [7, 11) is 0. The average Bonchev–Trinajstić information content (AvgIpc) is 2.91. The molecule has 0 aromatic heterocycles. The summed E-state index contributed by atoms with van der Waals surface area (Å²) in [5, 5.41) is 0. The van der Waals surface area contributed by atoms with E-state index in [-0.39, 0.29) is 11.9 Å². The quantitative estimate of drug-likeness (QED) is 0.364. The topological polar surface area (TPSA) is 23.6 Å². The molecule has 34 heavy (non-hydrogen) atoms. The minimum Gasteiger partial charge on any atom is -0.336 e. The van der Waals surface area contributed by atoms with E-state index in [0.29, 0.717) is 0 Å². The highest BCUT2D eigenvalue weighted by Gasteiger charge is 2.28. The van der Waals surface area contributed by atoms with Gasteiger partial charge in [-0.3, -0.25) is 9.69 Å². The average molecular weight is 447 g/mol. The summed E-state index contributed by atoms with van der Waals surface area (Å²) >= 11 is 0. The van der Waals surface area contributed by atoms with E-state index in [2.05, 4.69) is 103 Å². The zero-order valence-electron chi connectivity index (χ0n) is 19.6. The maximum atomic E-state index is 13.4. The fraction of sp³-hybridized carbons (Fsp3) is 0.194. The van der Waals surface area contributed by atoms with Gasteiger partial charge in [-0.1, -0.05) is 103 Å². The molecule has 1 aliphatic rings. The van der Waals surface area contributed by atoms with Crippen LogP contribution in [-0.4, -0.2) is 41.9 Å². The number of piperazine rings is 1. The lowest BCUT2D eigenvalue weighted by Crippen LogP contribution is -2.49. The van der Waals surface area contributed by atoms with Crippen molar-refractivity contribution < 1.29 is 4.79 Å². The van der Waals surface area contributed by atoms with E-state index in [1.807, 2.05) is 23.1 Å². The van der Waals surface area contributed by atoms with Crippen molar-refractivity contribution in [2.45, 2.75) is 13.0 Å². The second-order valence-corrected chi connectivity index (χ2v) is 9.00. The maximum Gasteiger partial charge on any atom is 0.253 e. The zero-order chi connectivity index (χ0) is 23.3. The first-order valence-corrected chi connectivity index (χ1v) is 12.0. The molecule has 5 rings (SSSR count). The molecule has 0 radical (unpaired) electrons. The Morgan fingerprint density at radius 1 is 0.647 bits per heavy atom. The van der Waals surface area contributed by atoms with Gasteiger partial charge in [0.15, 0.2) is 0 Å². The smallest absolute Gasteiger partial charge is 0.253 e. The van der Waals surface area contributed by atoms with Crippen LogP contribution in [0.2, 0.25) is 0 Å². The van der Waals surface area contributed by atoms with Crippen molar-refractivity contribution >= 4 is 5.91 Å². The van der Waals surface area contributed by atoms with Gasteiger partial charge in [-0.2, -0.15) is 0 Å². The molecule has 1 saturated heterocycles. The maximum absolute atomic E-state index is 13.4. The van der Waals surface area contributed by atoms with Gasteiger partial charge in [0.2, 0.25) is 0 Å². The number of rotatable bonds is 5. The highest BCUT2D eigenvalue weighted by Crippen LogP contribution is 2.30. The van der Waals surface area contributed by atoms with Crippen LogP contribution in [0.1, 0.15) is 33.1 Å². The predicted octanol–water partition coefficient (Wildman–Crippen LogP) is 6.21. The van der Waals surface area contributed by atoms with Crippen LogP contribution in [0.5, 0.6) is 0 Å². The highest BCUT2D eigenvalue weighted by atomic mass is 16.2. The molecule has 0 atom stereocenters. The van der Waals surface area contributed by atoms with E-state index in [1.54, 1.807) is 0 Å². The molecule has 0 bridgehead atoms. The summed E-state index contributed by atoms with van der Waals surface area (Å²) in [6, 6.07) is 38.0. The van der Waals surface area contributed by atoms with E-state index in [1.165, 1.54) is 16.7 Å². The molecule has 1 aliphatic heterocycles. The van der Waals surface area contributed by atoms with Gasteiger partial charge in [-0.15, -0.1) is 0 Å². The molecule has 1 heterocycles. The molecule has 0 unspecified atom stereocenters. The third-order valence-electron chi connectivity index (χ3n) is 6.69. The minimum atomic E-state index is 0.115. The van der Waals surface area contributed by atoms with Gasteiger partial charge >= 0.3 is 0 Å². The van der Waals surface area contributed by atoms with Crippen LogP contribution in [0, 0.1) is 6.92 Å². The summed E-state index contributed by atoms with van der Waals surface area (Å²) in [6.45, 7) is 5.23. The predicted molar refractivity (Wildman–Crippen MR) is 139 cm³/mol. The summed E-state index contributed by atoms with van der Waals surface area (Å²) in [5.74, 6) is 0.115. The summed E-state index contributed by atoms with van der Waals surface area (Å²) < 4.78 is 0. The Bertz CT molecular complexity index is 1190. The van der Waals surface area contributed by atoms with Crippen LogP contribution >= 0.6 is 0 Å². The van der Waals surface area contributed by atoms with Crippen LogP contribution in [-0.2, 0) is 0 Å². The second kappa shape index (κ2) is 10.1. The molecule has 1 amide bonds. The number of benzene rings is 4. The van der Waals surface area contributed by atoms with Crippen LogP contribution in [0.15, 0.2) is 109 Å². The van der Waals surface area contributed by atoms with E-state index in [0.717, 1.165) is 42.9 Å². The second-order valence-electron chi connectivity index (χ2n) is 9.00. The van der Waals surface area contributed by atoms with Gasteiger partial charge in [-0.25, -0.2) is 0 Å². The Morgan fingerprint density at radius 3 is 1.82 bits per heavy atom. The summed E-state index contributed by atoms with van der Waals surface area (Å²) in [6.07, 6.45) is 0. The molecule has 0 spiro atoms. The van der Waals surface area contributed by atoms with Crippen molar-refractivity contribution in [1.82, 2.24) is 9.80 Å². The van der Waals surface area contributed by atoms with Crippen molar-refractivity contribution in [3.63, 3.8) is 0 Å². The van der Waals surface area contributed by atoms with Gasteiger partial charge in [0.25, 0.3) is 5.91 Å². The number of nitrogens with zero attached hydrogens (tertiary/aromatic N) is 2. The standard InChI is InChI=1S/C31H30N2O/c1-24-15-17-25(18-16-24)28-13-8-14-29(23-28)31(34)33-21-19-32(20-22-33)30(26-9-4-2-5-10-26)27-11-6-3-7-12-27/h2-18,23,30H,19-22H2,1H3. The van der Waals surface area contributed by atoms with Gasteiger partial charge in [0, 0.05) is 31.7 Å². The molecule has 170 valence electrons. The van der Waals surface area contributed by atoms with Gasteiger partial charge < -0.3 is 4.90 Å². The lowest BCUT2D eigenvalue weighted by molar-refractivity contribution is 0.0597. The normalized spacial score (nSPS) is 14.4. The Morgan fingerprint density at radius 2 is 1.24 bits per heavy atom. The monoisotopic (exact) mass is 446 g/mol.